The number of anilines is 2. The van der Waals surface area contributed by atoms with E-state index in [9.17, 15) is 9.18 Å². The molecular formula is C16H13FN4O. The summed E-state index contributed by atoms with van der Waals surface area (Å²) in [6.07, 6.45) is 5.08. The summed E-state index contributed by atoms with van der Waals surface area (Å²) in [4.78, 5) is 16.0. The highest BCUT2D eigenvalue weighted by Crippen LogP contribution is 2.20. The Bertz CT molecular complexity index is 786. The van der Waals surface area contributed by atoms with E-state index in [0.717, 1.165) is 5.69 Å². The molecule has 0 radical (unpaired) electrons. The molecule has 22 heavy (non-hydrogen) atoms. The first-order valence-electron chi connectivity index (χ1n) is 6.63. The van der Waals surface area contributed by atoms with Gasteiger partial charge in [-0.05, 0) is 30.3 Å². The van der Waals surface area contributed by atoms with E-state index in [2.05, 4.69) is 15.6 Å². The van der Waals surface area contributed by atoms with Crippen molar-refractivity contribution in [1.29, 1.82) is 0 Å². The van der Waals surface area contributed by atoms with Gasteiger partial charge in [0, 0.05) is 18.1 Å². The number of nitrogens with zero attached hydrogens (tertiary/aromatic N) is 2. The number of carbonyl (C=O) groups is 1. The van der Waals surface area contributed by atoms with E-state index in [1.165, 1.54) is 18.2 Å². The fourth-order valence-corrected chi connectivity index (χ4v) is 2.06. The molecule has 5 nitrogen and oxygen atoms in total. The first kappa shape index (κ1) is 13.8. The Morgan fingerprint density at radius 1 is 1.09 bits per heavy atom. The van der Waals surface area contributed by atoms with E-state index in [1.54, 1.807) is 35.4 Å². The van der Waals surface area contributed by atoms with Crippen LogP contribution in [0.3, 0.4) is 0 Å². The Morgan fingerprint density at radius 3 is 2.73 bits per heavy atom. The minimum absolute atomic E-state index is 0.387. The largest absolute Gasteiger partial charge is 0.323 e. The Balaban J connectivity index is 1.77. The second-order valence-electron chi connectivity index (χ2n) is 4.58. The standard InChI is InChI=1S/C16H13FN4O/c17-12-4-3-5-13(10-12)19-16(22)20-14-6-1-2-7-15(14)21-9-8-18-11-21/h1-11H,(H2,19,20,22). The second-order valence-corrected chi connectivity index (χ2v) is 4.58. The number of rotatable bonds is 3. The van der Waals surface area contributed by atoms with Crippen molar-refractivity contribution >= 4 is 17.4 Å². The van der Waals surface area contributed by atoms with Crippen LogP contribution in [0.5, 0.6) is 0 Å². The second kappa shape index (κ2) is 6.09. The lowest BCUT2D eigenvalue weighted by atomic mass is 10.2. The van der Waals surface area contributed by atoms with Crippen LogP contribution in [-0.2, 0) is 0 Å². The predicted molar refractivity (Wildman–Crippen MR) is 82.6 cm³/mol. The molecule has 2 N–H and O–H groups in total. The van der Waals surface area contributed by atoms with Crippen molar-refractivity contribution in [2.75, 3.05) is 10.6 Å². The van der Waals surface area contributed by atoms with Crippen LogP contribution < -0.4 is 10.6 Å². The summed E-state index contributed by atoms with van der Waals surface area (Å²) in [5.41, 5.74) is 1.79. The third-order valence-corrected chi connectivity index (χ3v) is 3.02. The number of hydrogen-bond donors (Lipinski definition) is 2. The molecule has 0 bridgehead atoms. The molecule has 2 aromatic carbocycles. The fourth-order valence-electron chi connectivity index (χ4n) is 2.06. The summed E-state index contributed by atoms with van der Waals surface area (Å²) < 4.78 is 14.9. The Morgan fingerprint density at radius 2 is 1.95 bits per heavy atom. The van der Waals surface area contributed by atoms with Gasteiger partial charge in [-0.3, -0.25) is 0 Å². The maximum atomic E-state index is 13.1. The number of para-hydroxylation sites is 2. The number of aromatic nitrogens is 2. The zero-order chi connectivity index (χ0) is 15.4. The summed E-state index contributed by atoms with van der Waals surface area (Å²) >= 11 is 0. The van der Waals surface area contributed by atoms with Gasteiger partial charge in [-0.25, -0.2) is 14.2 Å². The monoisotopic (exact) mass is 296 g/mol. The summed E-state index contributed by atoms with van der Waals surface area (Å²) in [7, 11) is 0. The highest BCUT2D eigenvalue weighted by Gasteiger charge is 2.08. The lowest BCUT2D eigenvalue weighted by Crippen LogP contribution is -2.20. The van der Waals surface area contributed by atoms with Gasteiger partial charge in [0.1, 0.15) is 5.82 Å². The predicted octanol–water partition coefficient (Wildman–Crippen LogP) is 3.66. The number of hydrogen-bond acceptors (Lipinski definition) is 2. The van der Waals surface area contributed by atoms with Crippen LogP contribution >= 0.6 is 0 Å². The van der Waals surface area contributed by atoms with Crippen LogP contribution in [0.15, 0.2) is 67.3 Å². The highest BCUT2D eigenvalue weighted by atomic mass is 19.1. The van der Waals surface area contributed by atoms with Gasteiger partial charge < -0.3 is 15.2 Å². The van der Waals surface area contributed by atoms with Crippen molar-refractivity contribution in [1.82, 2.24) is 9.55 Å². The summed E-state index contributed by atoms with van der Waals surface area (Å²) in [5.74, 6) is -0.406. The van der Waals surface area contributed by atoms with Crippen LogP contribution in [0.4, 0.5) is 20.6 Å². The lowest BCUT2D eigenvalue weighted by Gasteiger charge is -2.12. The number of nitrogens with one attached hydrogen (secondary N) is 2. The molecule has 0 saturated heterocycles. The van der Waals surface area contributed by atoms with Crippen LogP contribution in [0.25, 0.3) is 5.69 Å². The summed E-state index contributed by atoms with van der Waals surface area (Å²) in [5, 5.41) is 5.33. The smallest absolute Gasteiger partial charge is 0.308 e. The maximum absolute atomic E-state index is 13.1. The maximum Gasteiger partial charge on any atom is 0.323 e. The van der Waals surface area contributed by atoms with Crippen molar-refractivity contribution in [2.24, 2.45) is 0 Å². The van der Waals surface area contributed by atoms with Crippen molar-refractivity contribution < 1.29 is 9.18 Å². The Labute approximate surface area is 126 Å². The van der Waals surface area contributed by atoms with Crippen LogP contribution in [0.1, 0.15) is 0 Å². The van der Waals surface area contributed by atoms with Crippen molar-refractivity contribution in [2.45, 2.75) is 0 Å². The van der Waals surface area contributed by atoms with Gasteiger partial charge in [0.2, 0.25) is 0 Å². The van der Waals surface area contributed by atoms with Crippen molar-refractivity contribution in [3.05, 3.63) is 73.1 Å². The lowest BCUT2D eigenvalue weighted by molar-refractivity contribution is 0.262. The molecule has 1 heterocycles. The van der Waals surface area contributed by atoms with E-state index in [-0.39, 0.29) is 0 Å². The van der Waals surface area contributed by atoms with E-state index < -0.39 is 11.8 Å². The summed E-state index contributed by atoms with van der Waals surface area (Å²) in [6.45, 7) is 0. The zero-order valence-corrected chi connectivity index (χ0v) is 11.5. The van der Waals surface area contributed by atoms with E-state index in [4.69, 9.17) is 0 Å². The average Bonchev–Trinajstić information content (AvgIpc) is 3.02. The molecule has 0 spiro atoms. The van der Waals surface area contributed by atoms with E-state index in [1.807, 2.05) is 18.2 Å². The third kappa shape index (κ3) is 3.12. The fraction of sp³-hybridized carbons (Fsp3) is 0. The van der Waals surface area contributed by atoms with Crippen LogP contribution in [0.2, 0.25) is 0 Å². The van der Waals surface area contributed by atoms with E-state index >= 15 is 0 Å². The molecule has 0 saturated carbocycles. The van der Waals surface area contributed by atoms with Gasteiger partial charge in [0.15, 0.2) is 0 Å². The van der Waals surface area contributed by atoms with Crippen molar-refractivity contribution in [3.8, 4) is 5.69 Å². The Kier molecular flexibility index (Phi) is 3.82. The van der Waals surface area contributed by atoms with Gasteiger partial charge in [0.05, 0.1) is 17.7 Å². The molecule has 110 valence electrons. The molecule has 0 aliphatic rings. The molecule has 0 aliphatic heterocycles. The molecule has 0 aliphatic carbocycles. The van der Waals surface area contributed by atoms with Gasteiger partial charge >= 0.3 is 6.03 Å². The summed E-state index contributed by atoms with van der Waals surface area (Å²) in [6, 6.07) is 12.6. The molecule has 6 heteroatoms. The normalized spacial score (nSPS) is 10.2. The topological polar surface area (TPSA) is 59.0 Å². The van der Waals surface area contributed by atoms with Crippen molar-refractivity contribution in [3.63, 3.8) is 0 Å². The molecule has 0 atom stereocenters. The number of benzene rings is 2. The minimum Gasteiger partial charge on any atom is -0.308 e. The number of amides is 2. The minimum atomic E-state index is -0.446. The molecule has 0 unspecified atom stereocenters. The molecule has 2 amide bonds. The molecular weight excluding hydrogens is 283 g/mol. The molecule has 0 fully saturated rings. The molecule has 3 aromatic rings. The van der Waals surface area contributed by atoms with Gasteiger partial charge in [-0.1, -0.05) is 18.2 Å². The van der Waals surface area contributed by atoms with Crippen LogP contribution in [0, 0.1) is 5.82 Å². The first-order chi connectivity index (χ1) is 10.7. The van der Waals surface area contributed by atoms with E-state index in [0.29, 0.717) is 11.4 Å². The molecule has 3 rings (SSSR count). The number of halogens is 1. The van der Waals surface area contributed by atoms with Gasteiger partial charge in [-0.15, -0.1) is 0 Å². The Hall–Kier alpha value is -3.15. The number of carbonyl (C=O) groups excluding carboxylic acids is 1. The van der Waals surface area contributed by atoms with Gasteiger partial charge in [0.25, 0.3) is 0 Å². The zero-order valence-electron chi connectivity index (χ0n) is 11.5. The van der Waals surface area contributed by atoms with Gasteiger partial charge in [-0.2, -0.15) is 0 Å². The number of imidazole rings is 1. The number of urea groups is 1. The average molecular weight is 296 g/mol. The highest BCUT2D eigenvalue weighted by molar-refractivity contribution is 6.00. The first-order valence-corrected chi connectivity index (χ1v) is 6.63. The SMILES string of the molecule is O=C(Nc1cccc(F)c1)Nc1ccccc1-n1ccnc1. The van der Waals surface area contributed by atoms with Crippen LogP contribution in [-0.4, -0.2) is 15.6 Å². The molecule has 1 aromatic heterocycles. The quantitative estimate of drug-likeness (QED) is 0.775. The third-order valence-electron chi connectivity index (χ3n) is 3.02.